The van der Waals surface area contributed by atoms with Gasteiger partial charge in [0.05, 0.1) is 13.5 Å². The molecule has 5 heteroatoms. The SMILES string of the molecule is COc1ccc(CC(=O)N[C@@H]2CCN(c3ccc(C)cc3)C2=O)cc1. The predicted octanol–water partition coefficient (Wildman–Crippen LogP) is 2.47. The summed E-state index contributed by atoms with van der Waals surface area (Å²) in [6, 6.07) is 14.7. The van der Waals surface area contributed by atoms with Crippen LogP contribution in [-0.4, -0.2) is 31.5 Å². The van der Waals surface area contributed by atoms with E-state index in [1.165, 1.54) is 0 Å². The zero-order valence-corrected chi connectivity index (χ0v) is 14.5. The minimum Gasteiger partial charge on any atom is -0.497 e. The van der Waals surface area contributed by atoms with Gasteiger partial charge in [-0.2, -0.15) is 0 Å². The molecule has 0 saturated carbocycles. The van der Waals surface area contributed by atoms with Crippen LogP contribution in [0.25, 0.3) is 0 Å². The van der Waals surface area contributed by atoms with E-state index in [1.54, 1.807) is 12.0 Å². The van der Waals surface area contributed by atoms with Crippen molar-refractivity contribution in [3.8, 4) is 5.75 Å². The van der Waals surface area contributed by atoms with Crippen LogP contribution in [0.2, 0.25) is 0 Å². The summed E-state index contributed by atoms with van der Waals surface area (Å²) in [5.41, 5.74) is 2.92. The van der Waals surface area contributed by atoms with Crippen LogP contribution in [0.1, 0.15) is 17.5 Å². The highest BCUT2D eigenvalue weighted by Crippen LogP contribution is 2.22. The smallest absolute Gasteiger partial charge is 0.249 e. The fourth-order valence-electron chi connectivity index (χ4n) is 2.97. The Kier molecular flexibility index (Phi) is 5.03. The molecule has 1 aliphatic heterocycles. The summed E-state index contributed by atoms with van der Waals surface area (Å²) < 4.78 is 5.11. The fraction of sp³-hybridized carbons (Fsp3) is 0.300. The number of methoxy groups -OCH3 is 1. The standard InChI is InChI=1S/C20H22N2O3/c1-14-3-7-16(8-4-14)22-12-11-18(20(22)24)21-19(23)13-15-5-9-17(25-2)10-6-15/h3-10,18H,11-13H2,1-2H3,(H,21,23)/t18-/m1/s1. The van der Waals surface area contributed by atoms with Gasteiger partial charge in [-0.15, -0.1) is 0 Å². The topological polar surface area (TPSA) is 58.6 Å². The Labute approximate surface area is 147 Å². The minimum absolute atomic E-state index is 0.0491. The predicted molar refractivity (Wildman–Crippen MR) is 96.8 cm³/mol. The Morgan fingerprint density at radius 1 is 1.16 bits per heavy atom. The average Bonchev–Trinajstić information content (AvgIpc) is 2.97. The van der Waals surface area contributed by atoms with E-state index in [9.17, 15) is 9.59 Å². The molecule has 1 heterocycles. The molecule has 0 unspecified atom stereocenters. The number of benzene rings is 2. The van der Waals surface area contributed by atoms with Gasteiger partial charge in [0.15, 0.2) is 0 Å². The Morgan fingerprint density at radius 3 is 2.48 bits per heavy atom. The number of anilines is 1. The molecule has 0 aliphatic carbocycles. The molecule has 5 nitrogen and oxygen atoms in total. The first-order valence-corrected chi connectivity index (χ1v) is 8.37. The van der Waals surface area contributed by atoms with Gasteiger partial charge in [-0.25, -0.2) is 0 Å². The van der Waals surface area contributed by atoms with Crippen molar-refractivity contribution in [2.75, 3.05) is 18.6 Å². The summed E-state index contributed by atoms with van der Waals surface area (Å²) in [5.74, 6) is 0.560. The number of nitrogens with zero attached hydrogens (tertiary/aromatic N) is 1. The van der Waals surface area contributed by atoms with Gasteiger partial charge in [-0.1, -0.05) is 29.8 Å². The highest BCUT2D eigenvalue weighted by molar-refractivity contribution is 6.01. The van der Waals surface area contributed by atoms with E-state index in [0.717, 1.165) is 22.6 Å². The first-order chi connectivity index (χ1) is 12.1. The largest absolute Gasteiger partial charge is 0.497 e. The quantitative estimate of drug-likeness (QED) is 0.911. The molecule has 1 saturated heterocycles. The summed E-state index contributed by atoms with van der Waals surface area (Å²) in [5, 5.41) is 2.86. The third kappa shape index (κ3) is 3.99. The van der Waals surface area contributed by atoms with Crippen molar-refractivity contribution in [3.63, 3.8) is 0 Å². The molecule has 0 spiro atoms. The van der Waals surface area contributed by atoms with Crippen LogP contribution < -0.4 is 15.0 Å². The van der Waals surface area contributed by atoms with Crippen molar-refractivity contribution in [1.82, 2.24) is 5.32 Å². The van der Waals surface area contributed by atoms with Crippen LogP contribution in [0.4, 0.5) is 5.69 Å². The second-order valence-electron chi connectivity index (χ2n) is 6.26. The first kappa shape index (κ1) is 17.0. The zero-order chi connectivity index (χ0) is 17.8. The van der Waals surface area contributed by atoms with Crippen molar-refractivity contribution in [2.45, 2.75) is 25.8 Å². The monoisotopic (exact) mass is 338 g/mol. The van der Waals surface area contributed by atoms with Crippen molar-refractivity contribution < 1.29 is 14.3 Å². The highest BCUT2D eigenvalue weighted by Gasteiger charge is 2.33. The van der Waals surface area contributed by atoms with E-state index in [1.807, 2.05) is 55.5 Å². The van der Waals surface area contributed by atoms with Crippen molar-refractivity contribution in [1.29, 1.82) is 0 Å². The van der Waals surface area contributed by atoms with Gasteiger partial charge >= 0.3 is 0 Å². The molecular weight excluding hydrogens is 316 g/mol. The van der Waals surface area contributed by atoms with Gasteiger partial charge in [0, 0.05) is 12.2 Å². The molecule has 3 rings (SSSR count). The van der Waals surface area contributed by atoms with Crippen molar-refractivity contribution in [2.24, 2.45) is 0 Å². The molecule has 0 aromatic heterocycles. The highest BCUT2D eigenvalue weighted by atomic mass is 16.5. The van der Waals surface area contributed by atoms with E-state index in [4.69, 9.17) is 4.74 Å². The van der Waals surface area contributed by atoms with Gasteiger partial charge in [-0.05, 0) is 43.2 Å². The Hall–Kier alpha value is -2.82. The van der Waals surface area contributed by atoms with Gasteiger partial charge < -0.3 is 15.0 Å². The normalized spacial score (nSPS) is 16.8. The lowest BCUT2D eigenvalue weighted by Crippen LogP contribution is -2.42. The lowest BCUT2D eigenvalue weighted by Gasteiger charge is -2.17. The molecular formula is C20H22N2O3. The third-order valence-corrected chi connectivity index (χ3v) is 4.41. The van der Waals surface area contributed by atoms with Crippen LogP contribution in [0.3, 0.4) is 0 Å². The molecule has 0 bridgehead atoms. The molecule has 25 heavy (non-hydrogen) atoms. The van der Waals surface area contributed by atoms with E-state index in [0.29, 0.717) is 13.0 Å². The van der Waals surface area contributed by atoms with Crippen LogP contribution in [0, 0.1) is 6.92 Å². The van der Waals surface area contributed by atoms with E-state index in [-0.39, 0.29) is 18.2 Å². The lowest BCUT2D eigenvalue weighted by atomic mass is 10.1. The van der Waals surface area contributed by atoms with Crippen molar-refractivity contribution in [3.05, 3.63) is 59.7 Å². The van der Waals surface area contributed by atoms with Gasteiger partial charge in [0.2, 0.25) is 11.8 Å². The third-order valence-electron chi connectivity index (χ3n) is 4.41. The number of hydrogen-bond donors (Lipinski definition) is 1. The van der Waals surface area contributed by atoms with Crippen LogP contribution >= 0.6 is 0 Å². The Bertz CT molecular complexity index is 754. The molecule has 2 aromatic carbocycles. The van der Waals surface area contributed by atoms with Gasteiger partial charge in [0.25, 0.3) is 0 Å². The number of carbonyl (C=O) groups excluding carboxylic acids is 2. The maximum absolute atomic E-state index is 12.6. The summed E-state index contributed by atoms with van der Waals surface area (Å²) in [4.78, 5) is 26.5. The first-order valence-electron chi connectivity index (χ1n) is 8.37. The zero-order valence-electron chi connectivity index (χ0n) is 14.5. The van der Waals surface area contributed by atoms with Crippen molar-refractivity contribution >= 4 is 17.5 Å². The molecule has 2 aromatic rings. The maximum Gasteiger partial charge on any atom is 0.249 e. The fourth-order valence-corrected chi connectivity index (χ4v) is 2.97. The number of carbonyl (C=O) groups is 2. The lowest BCUT2D eigenvalue weighted by molar-refractivity contribution is -0.126. The molecule has 1 aliphatic rings. The maximum atomic E-state index is 12.6. The molecule has 0 radical (unpaired) electrons. The summed E-state index contributed by atoms with van der Waals surface area (Å²) in [6.45, 7) is 2.63. The van der Waals surface area contributed by atoms with Crippen LogP contribution in [0.5, 0.6) is 5.75 Å². The summed E-state index contributed by atoms with van der Waals surface area (Å²) in [7, 11) is 1.60. The molecule has 130 valence electrons. The van der Waals surface area contributed by atoms with Crippen LogP contribution in [-0.2, 0) is 16.0 Å². The second-order valence-corrected chi connectivity index (χ2v) is 6.26. The minimum atomic E-state index is -0.452. The summed E-state index contributed by atoms with van der Waals surface area (Å²) in [6.07, 6.45) is 0.874. The van der Waals surface area contributed by atoms with E-state index >= 15 is 0 Å². The number of hydrogen-bond acceptors (Lipinski definition) is 3. The molecule has 2 amide bonds. The number of rotatable bonds is 5. The van der Waals surface area contributed by atoms with E-state index in [2.05, 4.69) is 5.32 Å². The molecule has 1 fully saturated rings. The number of ether oxygens (including phenoxy) is 1. The van der Waals surface area contributed by atoms with Gasteiger partial charge in [0.1, 0.15) is 11.8 Å². The Balaban J connectivity index is 1.58. The number of amides is 2. The van der Waals surface area contributed by atoms with Gasteiger partial charge in [-0.3, -0.25) is 9.59 Å². The second kappa shape index (κ2) is 7.38. The van der Waals surface area contributed by atoms with E-state index < -0.39 is 6.04 Å². The number of aryl methyl sites for hydroxylation is 1. The van der Waals surface area contributed by atoms with Crippen LogP contribution in [0.15, 0.2) is 48.5 Å². The Morgan fingerprint density at radius 2 is 1.84 bits per heavy atom. The molecule has 1 atom stereocenters. The average molecular weight is 338 g/mol. The molecule has 1 N–H and O–H groups in total. The summed E-state index contributed by atoms with van der Waals surface area (Å²) >= 11 is 0. The number of nitrogens with one attached hydrogen (secondary N) is 1.